The zero-order valence-corrected chi connectivity index (χ0v) is 17.3. The van der Waals surface area contributed by atoms with Gasteiger partial charge in [0.05, 0.1) is 24.3 Å². The molecular weight excluding hydrogens is 479 g/mol. The number of rotatable bonds is 8. The van der Waals surface area contributed by atoms with Gasteiger partial charge in [-0.05, 0) is 53.3 Å². The van der Waals surface area contributed by atoms with Crippen molar-refractivity contribution in [3.8, 4) is 11.5 Å². The van der Waals surface area contributed by atoms with Crippen LogP contribution in [0.2, 0.25) is 0 Å². The number of benzene rings is 2. The quantitative estimate of drug-likeness (QED) is 0.222. The number of halogens is 1. The van der Waals surface area contributed by atoms with E-state index in [2.05, 4.69) is 38.4 Å². The smallest absolute Gasteiger partial charge is 0.274 e. The molecule has 2 aromatic rings. The minimum atomic E-state index is -0.615. The van der Waals surface area contributed by atoms with Crippen molar-refractivity contribution < 1.29 is 19.6 Å². The summed E-state index contributed by atoms with van der Waals surface area (Å²) in [4.78, 5) is 22.7. The van der Waals surface area contributed by atoms with Crippen LogP contribution in [-0.2, 0) is 4.79 Å². The maximum atomic E-state index is 12.3. The number of phenolic OH excluding ortho intramolecular Hbond substituents is 1. The topological polar surface area (TPSA) is 126 Å². The van der Waals surface area contributed by atoms with E-state index < -0.39 is 11.0 Å². The number of methoxy groups -OCH3 is 1. The van der Waals surface area contributed by atoms with E-state index in [1.54, 1.807) is 0 Å². The second-order valence-electron chi connectivity index (χ2n) is 5.69. The number of nitrogens with one attached hydrogen (secondary N) is 2. The number of hydrogen-bond acceptors (Lipinski definition) is 7. The molecule has 0 fully saturated rings. The van der Waals surface area contributed by atoms with Crippen LogP contribution in [0.4, 0.5) is 11.4 Å². The van der Waals surface area contributed by atoms with Gasteiger partial charge in [-0.25, -0.2) is 5.43 Å². The molecule has 0 aromatic heterocycles. The Morgan fingerprint density at radius 2 is 2.07 bits per heavy atom. The number of nitro benzene ring substituents is 1. The Morgan fingerprint density at radius 3 is 2.64 bits per heavy atom. The third kappa shape index (κ3) is 5.55. The van der Waals surface area contributed by atoms with Crippen molar-refractivity contribution in [2.45, 2.75) is 19.4 Å². The van der Waals surface area contributed by atoms with Crippen molar-refractivity contribution in [2.75, 3.05) is 12.4 Å². The summed E-state index contributed by atoms with van der Waals surface area (Å²) in [5, 5.41) is 28.0. The number of carbonyl (C=O) groups excluding carboxylic acids is 1. The largest absolute Gasteiger partial charge is 0.504 e. The van der Waals surface area contributed by atoms with Crippen LogP contribution in [0, 0.1) is 13.7 Å². The van der Waals surface area contributed by atoms with Crippen molar-refractivity contribution in [3.05, 3.63) is 55.6 Å². The van der Waals surface area contributed by atoms with E-state index in [0.29, 0.717) is 6.42 Å². The molecule has 3 N–H and O–H groups in total. The van der Waals surface area contributed by atoms with E-state index in [1.165, 1.54) is 7.11 Å². The highest BCUT2D eigenvalue weighted by atomic mass is 127. The lowest BCUT2D eigenvalue weighted by Crippen LogP contribution is -2.36. The molecule has 0 heterocycles. The number of hydrazone groups is 1. The number of non-ortho nitro benzene ring substituents is 1. The summed E-state index contributed by atoms with van der Waals surface area (Å²) in [5.41, 5.74) is 2.95. The molecule has 2 aromatic carbocycles. The summed E-state index contributed by atoms with van der Waals surface area (Å²) in [6.07, 6.45) is 1.64. The lowest BCUT2D eigenvalue weighted by Gasteiger charge is -2.16. The van der Waals surface area contributed by atoms with Gasteiger partial charge in [0.1, 0.15) is 6.04 Å². The summed E-state index contributed by atoms with van der Waals surface area (Å²) < 4.78 is 6.00. The molecule has 0 radical (unpaired) electrons. The molecule has 0 bridgehead atoms. The number of hydrogen-bond donors (Lipinski definition) is 3. The number of ether oxygens (including phenoxy) is 1. The predicted molar refractivity (Wildman–Crippen MR) is 114 cm³/mol. The van der Waals surface area contributed by atoms with Gasteiger partial charge >= 0.3 is 0 Å². The summed E-state index contributed by atoms with van der Waals surface area (Å²) in [5.74, 6) is -0.752. The van der Waals surface area contributed by atoms with Gasteiger partial charge in [-0.3, -0.25) is 14.9 Å². The van der Waals surface area contributed by atoms with E-state index in [4.69, 9.17) is 4.74 Å². The van der Waals surface area contributed by atoms with E-state index in [9.17, 15) is 20.0 Å². The lowest BCUT2D eigenvalue weighted by atomic mass is 10.1. The number of anilines is 1. The summed E-state index contributed by atoms with van der Waals surface area (Å²) in [6.45, 7) is 1.85. The molecular formula is C18H19IN4O5. The zero-order valence-electron chi connectivity index (χ0n) is 15.2. The summed E-state index contributed by atoms with van der Waals surface area (Å²) >= 11 is 2.19. The van der Waals surface area contributed by atoms with Gasteiger partial charge in [0.2, 0.25) is 0 Å². The molecule has 0 aliphatic heterocycles. The SMILES string of the molecule is CC[C@@H](Nc1ccc(I)cc1)C(=O)N/N=C\c1cc([N+](=O)[O-])cc(OC)c1O. The Bertz CT molecular complexity index is 886. The van der Waals surface area contributed by atoms with Crippen LogP contribution in [-0.4, -0.2) is 35.3 Å². The molecule has 0 spiro atoms. The molecule has 1 amide bonds. The van der Waals surface area contributed by atoms with Crippen molar-refractivity contribution in [2.24, 2.45) is 5.10 Å². The fourth-order valence-electron chi connectivity index (χ4n) is 2.32. The minimum Gasteiger partial charge on any atom is -0.504 e. The molecule has 10 heteroatoms. The number of nitrogens with zero attached hydrogens (tertiary/aromatic N) is 2. The Balaban J connectivity index is 2.10. The molecule has 0 aliphatic rings. The van der Waals surface area contributed by atoms with Crippen molar-refractivity contribution in [3.63, 3.8) is 0 Å². The average Bonchev–Trinajstić information content (AvgIpc) is 2.68. The van der Waals surface area contributed by atoms with Crippen LogP contribution in [0.1, 0.15) is 18.9 Å². The molecule has 0 saturated heterocycles. The first-order valence-corrected chi connectivity index (χ1v) is 9.34. The Labute approximate surface area is 175 Å². The van der Waals surface area contributed by atoms with Gasteiger partial charge in [-0.15, -0.1) is 0 Å². The standard InChI is InChI=1S/C18H19IN4O5/c1-3-15(21-13-6-4-12(19)5-7-13)18(25)22-20-10-11-8-14(23(26)27)9-16(28-2)17(11)24/h4-10,15,21,24H,3H2,1-2H3,(H,22,25)/b20-10-/t15-/m1/s1. The number of carbonyl (C=O) groups is 1. The molecule has 0 aliphatic carbocycles. The summed E-state index contributed by atoms with van der Waals surface area (Å²) in [7, 11) is 1.28. The van der Waals surface area contributed by atoms with Crippen LogP contribution in [0.15, 0.2) is 41.5 Å². The Morgan fingerprint density at radius 1 is 1.39 bits per heavy atom. The molecule has 1 atom stereocenters. The predicted octanol–water partition coefficient (Wildman–Crippen LogP) is 3.25. The van der Waals surface area contributed by atoms with Gasteiger partial charge in [0.15, 0.2) is 11.5 Å². The molecule has 9 nitrogen and oxygen atoms in total. The van der Waals surface area contributed by atoms with Crippen LogP contribution in [0.25, 0.3) is 0 Å². The Kier molecular flexibility index (Phi) is 7.55. The van der Waals surface area contributed by atoms with Crippen LogP contribution < -0.4 is 15.5 Å². The Hall–Kier alpha value is -2.89. The lowest BCUT2D eigenvalue weighted by molar-refractivity contribution is -0.385. The maximum absolute atomic E-state index is 12.3. The number of amides is 1. The highest BCUT2D eigenvalue weighted by Crippen LogP contribution is 2.33. The van der Waals surface area contributed by atoms with Gasteiger partial charge in [-0.1, -0.05) is 6.92 Å². The average molecular weight is 498 g/mol. The molecule has 148 valence electrons. The fourth-order valence-corrected chi connectivity index (χ4v) is 2.68. The number of phenols is 1. The van der Waals surface area contributed by atoms with Gasteiger partial charge in [0.25, 0.3) is 11.6 Å². The van der Waals surface area contributed by atoms with E-state index in [-0.39, 0.29) is 28.7 Å². The third-order valence-electron chi connectivity index (χ3n) is 3.81. The first kappa shape index (κ1) is 21.4. The fraction of sp³-hybridized carbons (Fsp3) is 0.222. The zero-order chi connectivity index (χ0) is 20.7. The van der Waals surface area contributed by atoms with Crippen molar-refractivity contribution in [1.29, 1.82) is 0 Å². The van der Waals surface area contributed by atoms with Crippen molar-refractivity contribution >= 4 is 46.1 Å². The number of nitro groups is 1. The van der Waals surface area contributed by atoms with E-state index >= 15 is 0 Å². The monoisotopic (exact) mass is 498 g/mol. The molecule has 2 rings (SSSR count). The first-order chi connectivity index (χ1) is 13.3. The van der Waals surface area contributed by atoms with Crippen molar-refractivity contribution in [1.82, 2.24) is 5.43 Å². The second-order valence-corrected chi connectivity index (χ2v) is 6.93. The number of aromatic hydroxyl groups is 1. The normalized spacial score (nSPS) is 11.8. The molecule has 28 heavy (non-hydrogen) atoms. The van der Waals surface area contributed by atoms with Gasteiger partial charge < -0.3 is 15.2 Å². The third-order valence-corrected chi connectivity index (χ3v) is 4.53. The first-order valence-electron chi connectivity index (χ1n) is 8.26. The van der Waals surface area contributed by atoms with Crippen LogP contribution >= 0.6 is 22.6 Å². The van der Waals surface area contributed by atoms with Gasteiger partial charge in [0, 0.05) is 20.9 Å². The highest BCUT2D eigenvalue weighted by Gasteiger charge is 2.17. The highest BCUT2D eigenvalue weighted by molar-refractivity contribution is 14.1. The van der Waals surface area contributed by atoms with Crippen LogP contribution in [0.3, 0.4) is 0 Å². The molecule has 0 saturated carbocycles. The van der Waals surface area contributed by atoms with E-state index in [0.717, 1.165) is 27.6 Å². The molecule has 0 unspecified atom stereocenters. The van der Waals surface area contributed by atoms with Gasteiger partial charge in [-0.2, -0.15) is 5.10 Å². The summed E-state index contributed by atoms with van der Waals surface area (Å²) in [6, 6.07) is 9.29. The maximum Gasteiger partial charge on any atom is 0.274 e. The van der Waals surface area contributed by atoms with E-state index in [1.807, 2.05) is 31.2 Å². The van der Waals surface area contributed by atoms with Crippen LogP contribution in [0.5, 0.6) is 11.5 Å². The minimum absolute atomic E-state index is 0.0463. The second kappa shape index (κ2) is 9.88.